The van der Waals surface area contributed by atoms with Crippen molar-refractivity contribution in [3.05, 3.63) is 70.8 Å². The minimum atomic E-state index is -5.13. The van der Waals surface area contributed by atoms with Crippen molar-refractivity contribution in [3.63, 3.8) is 0 Å². The number of nitrogens with two attached hydrogens (primary N) is 2. The Labute approximate surface area is 212 Å². The number of nitrogen functional groups attached to an aromatic ring is 2. The Bertz CT molecular complexity index is 1470. The largest absolute Gasteiger partial charge is 1.00 e. The van der Waals surface area contributed by atoms with Crippen LogP contribution in [0.3, 0.4) is 0 Å². The van der Waals surface area contributed by atoms with Crippen LogP contribution in [0.25, 0.3) is 0 Å². The van der Waals surface area contributed by atoms with E-state index in [1.807, 2.05) is 0 Å². The first-order valence-electron chi connectivity index (χ1n) is 8.87. The maximum Gasteiger partial charge on any atom is 1.00 e. The molecule has 1 aliphatic carbocycles. The normalized spacial score (nSPS) is 13.5. The van der Waals surface area contributed by atoms with Crippen LogP contribution in [0.2, 0.25) is 0 Å². The quantitative estimate of drug-likeness (QED) is 0.130. The Balaban J connectivity index is 0.00000306. The van der Waals surface area contributed by atoms with E-state index in [1.165, 1.54) is 30.3 Å². The first-order chi connectivity index (χ1) is 15.0. The Kier molecular flexibility index (Phi) is 6.82. The summed E-state index contributed by atoms with van der Waals surface area (Å²) in [6, 6.07) is 10.6. The molecule has 1 aliphatic rings. The number of fused-ring (bicyclic) bond motifs is 2. The second-order valence-electron chi connectivity index (χ2n) is 6.86. The molecule has 0 bridgehead atoms. The molecule has 4 rings (SSSR count). The molecule has 0 saturated heterocycles. The third kappa shape index (κ3) is 4.34. The average molecular weight is 494 g/mol. The Morgan fingerprint density at radius 3 is 2.03 bits per heavy atom. The molecule has 164 valence electrons. The van der Waals surface area contributed by atoms with E-state index in [9.17, 15) is 31.3 Å². The number of rotatable bonds is 4. The number of carbonyl (C=O) groups excluding carboxylic acids is 2. The van der Waals surface area contributed by atoms with Crippen LogP contribution in [0.5, 0.6) is 0 Å². The standard InChI is InChI=1S/C20H15N3O7S2.Na/c21-12-6-5-9(7-14(12)31(26)27)23-13-8-15(32(28,29)30)18(22)17-16(13)19(24)10-3-1-2-4-11(10)20(17)25;/h1-8,23H,21-22H2,(H,26,27)(H,28,29,30);/q;+1/p-2. The van der Waals surface area contributed by atoms with Crippen molar-refractivity contribution < 1.29 is 60.9 Å². The van der Waals surface area contributed by atoms with Crippen molar-refractivity contribution in [3.8, 4) is 0 Å². The summed E-state index contributed by atoms with van der Waals surface area (Å²) >= 11 is -2.68. The zero-order valence-electron chi connectivity index (χ0n) is 16.9. The topological polar surface area (TPSA) is 196 Å². The van der Waals surface area contributed by atoms with E-state index in [4.69, 9.17) is 11.5 Å². The van der Waals surface area contributed by atoms with Gasteiger partial charge in [0.15, 0.2) is 11.6 Å². The second-order valence-corrected chi connectivity index (χ2v) is 9.11. The summed E-state index contributed by atoms with van der Waals surface area (Å²) < 4.78 is 58.2. The van der Waals surface area contributed by atoms with Crippen LogP contribution >= 0.6 is 0 Å². The van der Waals surface area contributed by atoms with E-state index in [-0.39, 0.29) is 68.2 Å². The van der Waals surface area contributed by atoms with Crippen molar-refractivity contribution in [1.82, 2.24) is 0 Å². The number of carbonyl (C=O) groups is 2. The zero-order valence-corrected chi connectivity index (χ0v) is 20.6. The van der Waals surface area contributed by atoms with Crippen molar-refractivity contribution >= 4 is 55.5 Å². The van der Waals surface area contributed by atoms with Crippen LogP contribution in [-0.2, 0) is 21.2 Å². The summed E-state index contributed by atoms with van der Waals surface area (Å²) in [6.45, 7) is 0. The Morgan fingerprint density at radius 1 is 0.909 bits per heavy atom. The number of hydrogen-bond donors (Lipinski definition) is 3. The van der Waals surface area contributed by atoms with Crippen LogP contribution in [0, 0.1) is 0 Å². The molecule has 0 spiro atoms. The number of ketones is 2. The van der Waals surface area contributed by atoms with E-state index >= 15 is 0 Å². The summed E-state index contributed by atoms with van der Waals surface area (Å²) in [5.74, 6) is -1.35. The molecule has 0 aromatic heterocycles. The molecule has 0 amide bonds. The smallest absolute Gasteiger partial charge is 0.768 e. The molecule has 33 heavy (non-hydrogen) atoms. The van der Waals surface area contributed by atoms with Gasteiger partial charge in [-0.2, -0.15) is 0 Å². The molecule has 5 N–H and O–H groups in total. The van der Waals surface area contributed by atoms with Crippen LogP contribution in [0.4, 0.5) is 22.7 Å². The number of anilines is 4. The predicted octanol–water partition coefficient (Wildman–Crippen LogP) is -1.48. The molecular formula is C20H13N3NaO7S2-. The van der Waals surface area contributed by atoms with Crippen molar-refractivity contribution in [1.29, 1.82) is 0 Å². The third-order valence-corrected chi connectivity index (χ3v) is 6.53. The zero-order chi connectivity index (χ0) is 23.4. The van der Waals surface area contributed by atoms with Crippen LogP contribution in [-0.4, -0.2) is 33.3 Å². The van der Waals surface area contributed by atoms with Gasteiger partial charge in [-0.3, -0.25) is 13.8 Å². The van der Waals surface area contributed by atoms with Crippen LogP contribution in [0.1, 0.15) is 31.8 Å². The first-order valence-corrected chi connectivity index (χ1v) is 11.4. The van der Waals surface area contributed by atoms with Gasteiger partial charge in [0, 0.05) is 27.4 Å². The summed E-state index contributed by atoms with van der Waals surface area (Å²) in [5, 5.41) is 2.72. The van der Waals surface area contributed by atoms with E-state index in [2.05, 4.69) is 5.32 Å². The third-order valence-electron chi connectivity index (χ3n) is 4.94. The van der Waals surface area contributed by atoms with Crippen molar-refractivity contribution in [2.75, 3.05) is 16.8 Å². The molecule has 0 radical (unpaired) electrons. The van der Waals surface area contributed by atoms with E-state index in [1.54, 1.807) is 6.07 Å². The molecule has 3 aromatic carbocycles. The molecule has 0 aliphatic heterocycles. The van der Waals surface area contributed by atoms with Gasteiger partial charge in [0.2, 0.25) is 0 Å². The Morgan fingerprint density at radius 2 is 1.48 bits per heavy atom. The summed E-state index contributed by atoms with van der Waals surface area (Å²) in [4.78, 5) is 25.2. The summed E-state index contributed by atoms with van der Waals surface area (Å²) in [7, 11) is -5.13. The number of hydrogen-bond acceptors (Lipinski definition) is 10. The number of nitrogens with one attached hydrogen (secondary N) is 1. The maximum atomic E-state index is 13.2. The molecule has 3 aromatic rings. The Hall–Kier alpha value is -2.58. The fraction of sp³-hybridized carbons (Fsp3) is 0. The summed E-state index contributed by atoms with van der Waals surface area (Å²) in [6.07, 6.45) is 0. The molecule has 0 heterocycles. The van der Waals surface area contributed by atoms with Gasteiger partial charge < -0.3 is 25.9 Å². The average Bonchev–Trinajstić information content (AvgIpc) is 2.73. The van der Waals surface area contributed by atoms with Gasteiger partial charge in [-0.05, 0) is 35.3 Å². The van der Waals surface area contributed by atoms with Crippen LogP contribution < -0.4 is 46.3 Å². The van der Waals surface area contributed by atoms with E-state index < -0.39 is 48.9 Å². The molecule has 0 saturated carbocycles. The van der Waals surface area contributed by atoms with Crippen molar-refractivity contribution in [2.45, 2.75) is 9.79 Å². The fourth-order valence-electron chi connectivity index (χ4n) is 3.51. The molecule has 13 heteroatoms. The maximum absolute atomic E-state index is 13.2. The van der Waals surface area contributed by atoms with Gasteiger partial charge >= 0.3 is 29.6 Å². The molecule has 10 nitrogen and oxygen atoms in total. The van der Waals surface area contributed by atoms with Gasteiger partial charge in [0.25, 0.3) is 0 Å². The fourth-order valence-corrected chi connectivity index (χ4v) is 4.63. The van der Waals surface area contributed by atoms with Gasteiger partial charge in [0.05, 0.1) is 27.4 Å². The first kappa shape index (κ1) is 25.1. The SMILES string of the molecule is Nc1ccc(Nc2cc(S(=O)(=O)[O-])c(N)c3c2C(=O)c2ccccc2C3=O)cc1S(=O)[O-].[Na+]. The monoisotopic (exact) mass is 494 g/mol. The summed E-state index contributed by atoms with van der Waals surface area (Å²) in [5.41, 5.74) is 10.2. The van der Waals surface area contributed by atoms with Gasteiger partial charge in [-0.25, -0.2) is 8.42 Å². The van der Waals surface area contributed by atoms with Gasteiger partial charge in [-0.1, -0.05) is 24.3 Å². The minimum Gasteiger partial charge on any atom is -0.768 e. The van der Waals surface area contributed by atoms with Crippen molar-refractivity contribution in [2.24, 2.45) is 0 Å². The molecule has 1 atom stereocenters. The molecule has 0 fully saturated rings. The van der Waals surface area contributed by atoms with E-state index in [0.29, 0.717) is 0 Å². The molecule has 1 unspecified atom stereocenters. The minimum absolute atomic E-state index is 0. The second kappa shape index (κ2) is 8.99. The van der Waals surface area contributed by atoms with Gasteiger partial charge in [0.1, 0.15) is 10.1 Å². The predicted molar refractivity (Wildman–Crippen MR) is 113 cm³/mol. The van der Waals surface area contributed by atoms with Crippen LogP contribution in [0.15, 0.2) is 58.3 Å². The molecular weight excluding hydrogens is 481 g/mol. The van der Waals surface area contributed by atoms with E-state index in [0.717, 1.165) is 12.1 Å². The van der Waals surface area contributed by atoms with Gasteiger partial charge in [-0.15, -0.1) is 0 Å². The number of benzene rings is 3.